The summed E-state index contributed by atoms with van der Waals surface area (Å²) >= 11 is 0. The lowest BCUT2D eigenvalue weighted by atomic mass is 9.94. The second-order valence-electron chi connectivity index (χ2n) is 13.5. The van der Waals surface area contributed by atoms with Gasteiger partial charge < -0.3 is 9.64 Å². The number of carbonyl (C=O) groups is 1. The summed E-state index contributed by atoms with van der Waals surface area (Å²) in [5.41, 5.74) is 0. The van der Waals surface area contributed by atoms with Gasteiger partial charge in [0.05, 0.1) is 13.0 Å². The van der Waals surface area contributed by atoms with E-state index in [1.54, 1.807) is 0 Å². The third kappa shape index (κ3) is 36.6. The highest BCUT2D eigenvalue weighted by Crippen LogP contribution is 2.20. The molecular formula is C43H77NO2. The van der Waals surface area contributed by atoms with Crippen molar-refractivity contribution in [2.75, 3.05) is 27.2 Å². The number of ether oxygens (including phenoxy) is 1. The fourth-order valence-electron chi connectivity index (χ4n) is 5.56. The topological polar surface area (TPSA) is 29.5 Å². The molecule has 3 heteroatoms. The fourth-order valence-corrected chi connectivity index (χ4v) is 5.56. The van der Waals surface area contributed by atoms with Crippen molar-refractivity contribution < 1.29 is 9.53 Å². The van der Waals surface area contributed by atoms with Gasteiger partial charge in [-0.1, -0.05) is 152 Å². The lowest BCUT2D eigenvalue weighted by Gasteiger charge is -2.18. The van der Waals surface area contributed by atoms with E-state index in [0.29, 0.717) is 18.9 Å². The standard InChI is InChI=1S/C43H77NO2/c1-5-7-9-11-13-15-17-19-21-23-25-27-29-31-33-35-37-42(41-46-43(45)39-40-44(3)4)38-36-34-32-30-28-26-24-22-20-18-16-14-12-10-8-6-2/h7,9,13-16,19-22,42H,5-6,8,10-12,17-18,23-41H2,1-4H3. The molecule has 0 saturated carbocycles. The molecule has 1 unspecified atom stereocenters. The van der Waals surface area contributed by atoms with Crippen LogP contribution in [0, 0.1) is 5.92 Å². The minimum atomic E-state index is -0.0371. The van der Waals surface area contributed by atoms with Crippen molar-refractivity contribution in [3.05, 3.63) is 60.8 Å². The van der Waals surface area contributed by atoms with Crippen LogP contribution in [-0.4, -0.2) is 38.1 Å². The molecular weight excluding hydrogens is 562 g/mol. The van der Waals surface area contributed by atoms with Crippen LogP contribution in [-0.2, 0) is 9.53 Å². The molecule has 0 heterocycles. The Morgan fingerprint density at radius 3 is 1.41 bits per heavy atom. The van der Waals surface area contributed by atoms with E-state index >= 15 is 0 Å². The van der Waals surface area contributed by atoms with Gasteiger partial charge in [0.2, 0.25) is 0 Å². The molecule has 0 spiro atoms. The number of carbonyl (C=O) groups excluding carboxylic acids is 1. The molecule has 0 aromatic carbocycles. The monoisotopic (exact) mass is 640 g/mol. The van der Waals surface area contributed by atoms with Gasteiger partial charge >= 0.3 is 5.97 Å². The van der Waals surface area contributed by atoms with Gasteiger partial charge in [-0.2, -0.15) is 0 Å². The van der Waals surface area contributed by atoms with E-state index in [9.17, 15) is 4.79 Å². The van der Waals surface area contributed by atoms with Crippen LogP contribution in [0.1, 0.15) is 174 Å². The Morgan fingerprint density at radius 1 is 0.543 bits per heavy atom. The van der Waals surface area contributed by atoms with Gasteiger partial charge in [-0.3, -0.25) is 4.79 Å². The largest absolute Gasteiger partial charge is 0.465 e. The minimum absolute atomic E-state index is 0.0371. The number of hydrogen-bond donors (Lipinski definition) is 0. The smallest absolute Gasteiger partial charge is 0.307 e. The summed E-state index contributed by atoms with van der Waals surface area (Å²) in [6.07, 6.45) is 53.7. The molecule has 0 N–H and O–H groups in total. The van der Waals surface area contributed by atoms with Crippen LogP contribution in [0.15, 0.2) is 60.8 Å². The molecule has 1 atom stereocenters. The van der Waals surface area contributed by atoms with E-state index < -0.39 is 0 Å². The van der Waals surface area contributed by atoms with Gasteiger partial charge in [0, 0.05) is 6.54 Å². The first-order chi connectivity index (χ1) is 22.6. The van der Waals surface area contributed by atoms with Crippen molar-refractivity contribution in [1.82, 2.24) is 4.90 Å². The predicted octanol–water partition coefficient (Wildman–Crippen LogP) is 13.3. The zero-order valence-electron chi connectivity index (χ0n) is 31.2. The summed E-state index contributed by atoms with van der Waals surface area (Å²) in [6.45, 7) is 5.82. The summed E-state index contributed by atoms with van der Waals surface area (Å²) in [5, 5.41) is 0. The van der Waals surface area contributed by atoms with Gasteiger partial charge in [0.25, 0.3) is 0 Å². The summed E-state index contributed by atoms with van der Waals surface area (Å²) in [5.74, 6) is 0.487. The third-order valence-corrected chi connectivity index (χ3v) is 8.57. The maximum atomic E-state index is 12.2. The first-order valence-corrected chi connectivity index (χ1v) is 19.6. The van der Waals surface area contributed by atoms with E-state index in [2.05, 4.69) is 74.6 Å². The molecule has 0 rings (SSSR count). The first-order valence-electron chi connectivity index (χ1n) is 19.6. The highest BCUT2D eigenvalue weighted by molar-refractivity contribution is 5.69. The molecule has 0 radical (unpaired) electrons. The van der Waals surface area contributed by atoms with Crippen LogP contribution >= 0.6 is 0 Å². The second kappa shape index (κ2) is 37.6. The Hall–Kier alpha value is -1.87. The quantitative estimate of drug-likeness (QED) is 0.0398. The molecule has 0 amide bonds. The average Bonchev–Trinajstić information content (AvgIpc) is 3.05. The number of hydrogen-bond acceptors (Lipinski definition) is 3. The Balaban J connectivity index is 4.02. The maximum Gasteiger partial charge on any atom is 0.307 e. The highest BCUT2D eigenvalue weighted by Gasteiger charge is 2.12. The highest BCUT2D eigenvalue weighted by atomic mass is 16.5. The van der Waals surface area contributed by atoms with Crippen LogP contribution in [0.3, 0.4) is 0 Å². The molecule has 0 bridgehead atoms. The van der Waals surface area contributed by atoms with Crippen molar-refractivity contribution in [1.29, 1.82) is 0 Å². The van der Waals surface area contributed by atoms with Gasteiger partial charge in [-0.15, -0.1) is 0 Å². The van der Waals surface area contributed by atoms with Crippen LogP contribution < -0.4 is 0 Å². The van der Waals surface area contributed by atoms with Crippen molar-refractivity contribution in [3.8, 4) is 0 Å². The van der Waals surface area contributed by atoms with Gasteiger partial charge in [-0.25, -0.2) is 0 Å². The Labute approximate surface area is 288 Å². The summed E-state index contributed by atoms with van der Waals surface area (Å²) in [7, 11) is 4.01. The predicted molar refractivity (Wildman–Crippen MR) is 205 cm³/mol. The lowest BCUT2D eigenvalue weighted by Crippen LogP contribution is -2.20. The first kappa shape index (κ1) is 44.1. The number of allylic oxidation sites excluding steroid dienone is 10. The minimum Gasteiger partial charge on any atom is -0.465 e. The maximum absolute atomic E-state index is 12.2. The SMILES string of the molecule is CCC=CCC=CCC=CCCCCCCCCC(CCCCCCCCC=CCC=CCCCCC)COC(=O)CCN(C)C. The molecule has 0 aromatic heterocycles. The molecule has 0 saturated heterocycles. The lowest BCUT2D eigenvalue weighted by molar-refractivity contribution is -0.145. The molecule has 46 heavy (non-hydrogen) atoms. The summed E-state index contributed by atoms with van der Waals surface area (Å²) in [4.78, 5) is 14.3. The molecule has 0 aliphatic rings. The van der Waals surface area contributed by atoms with Gasteiger partial charge in [0.15, 0.2) is 0 Å². The van der Waals surface area contributed by atoms with Crippen molar-refractivity contribution in [2.24, 2.45) is 5.92 Å². The van der Waals surface area contributed by atoms with Crippen molar-refractivity contribution >= 4 is 5.97 Å². The van der Waals surface area contributed by atoms with E-state index in [1.165, 1.54) is 128 Å². The van der Waals surface area contributed by atoms with Gasteiger partial charge in [0.1, 0.15) is 0 Å². The Kier molecular flexibility index (Phi) is 36.1. The van der Waals surface area contributed by atoms with Crippen LogP contribution in [0.2, 0.25) is 0 Å². The van der Waals surface area contributed by atoms with Crippen LogP contribution in [0.5, 0.6) is 0 Å². The zero-order valence-corrected chi connectivity index (χ0v) is 31.2. The molecule has 3 nitrogen and oxygen atoms in total. The van der Waals surface area contributed by atoms with Crippen molar-refractivity contribution in [2.45, 2.75) is 174 Å². The van der Waals surface area contributed by atoms with Gasteiger partial charge in [-0.05, 0) is 97.1 Å². The molecule has 0 aliphatic carbocycles. The van der Waals surface area contributed by atoms with Crippen LogP contribution in [0.25, 0.3) is 0 Å². The Morgan fingerprint density at radius 2 is 0.957 bits per heavy atom. The van der Waals surface area contributed by atoms with Crippen LogP contribution in [0.4, 0.5) is 0 Å². The number of rotatable bonds is 34. The fraction of sp³-hybridized carbons (Fsp3) is 0.744. The third-order valence-electron chi connectivity index (χ3n) is 8.57. The van der Waals surface area contributed by atoms with E-state index in [0.717, 1.165) is 32.2 Å². The normalized spacial score (nSPS) is 13.2. The number of nitrogens with zero attached hydrogens (tertiary/aromatic N) is 1. The molecule has 0 aliphatic heterocycles. The van der Waals surface area contributed by atoms with E-state index in [-0.39, 0.29) is 5.97 Å². The second-order valence-corrected chi connectivity index (χ2v) is 13.5. The summed E-state index contributed by atoms with van der Waals surface area (Å²) in [6, 6.07) is 0. The Bertz CT molecular complexity index is 776. The number of esters is 1. The van der Waals surface area contributed by atoms with E-state index in [4.69, 9.17) is 4.74 Å². The van der Waals surface area contributed by atoms with E-state index in [1.807, 2.05) is 19.0 Å². The van der Waals surface area contributed by atoms with Crippen molar-refractivity contribution in [3.63, 3.8) is 0 Å². The molecule has 266 valence electrons. The molecule has 0 fully saturated rings. The average molecular weight is 640 g/mol. The number of unbranched alkanes of at least 4 members (excludes halogenated alkanes) is 15. The zero-order chi connectivity index (χ0) is 33.6. The summed E-state index contributed by atoms with van der Waals surface area (Å²) < 4.78 is 5.72. The molecule has 0 aromatic rings.